The maximum Gasteiger partial charge on any atom is 0.306 e. The van der Waals surface area contributed by atoms with Crippen LogP contribution in [0, 0.1) is 0 Å². The Labute approximate surface area is 408 Å². The van der Waals surface area contributed by atoms with Gasteiger partial charge in [0, 0.05) is 19.3 Å². The van der Waals surface area contributed by atoms with Crippen LogP contribution >= 0.6 is 0 Å². The molecule has 0 unspecified atom stereocenters. The molecule has 1 atom stereocenters. The summed E-state index contributed by atoms with van der Waals surface area (Å²) in [7, 11) is 0. The van der Waals surface area contributed by atoms with Gasteiger partial charge in [0.25, 0.3) is 0 Å². The van der Waals surface area contributed by atoms with Crippen molar-refractivity contribution < 1.29 is 28.6 Å². The van der Waals surface area contributed by atoms with Crippen LogP contribution in [0.5, 0.6) is 0 Å². The molecular weight excluding hydrogens is 817 g/mol. The monoisotopic (exact) mass is 921 g/mol. The van der Waals surface area contributed by atoms with Crippen LogP contribution in [-0.4, -0.2) is 37.2 Å². The maximum absolute atomic E-state index is 12.8. The SMILES string of the molecule is CC/C=C\C/C=C\C/C=C\C/C=C\C/C=C\CCCCCC(=O)OC[C@@H](COC(=O)CCCCCCC/C=C\CCCCC)OC(=O)CCCCCCCCCCCCCCCCCCC. The third kappa shape index (κ3) is 51.8. The Morgan fingerprint density at radius 3 is 0.985 bits per heavy atom. The van der Waals surface area contributed by atoms with E-state index in [2.05, 4.69) is 93.7 Å². The van der Waals surface area contributed by atoms with Crippen molar-refractivity contribution in [1.82, 2.24) is 0 Å². The fourth-order valence-electron chi connectivity index (χ4n) is 7.76. The van der Waals surface area contributed by atoms with Crippen LogP contribution in [0.4, 0.5) is 0 Å². The Hall–Kier alpha value is -3.15. The van der Waals surface area contributed by atoms with Crippen molar-refractivity contribution in [3.63, 3.8) is 0 Å². The van der Waals surface area contributed by atoms with Crippen LogP contribution < -0.4 is 0 Å². The van der Waals surface area contributed by atoms with E-state index in [1.54, 1.807) is 0 Å². The van der Waals surface area contributed by atoms with E-state index in [0.29, 0.717) is 19.3 Å². The first kappa shape index (κ1) is 62.8. The third-order valence-corrected chi connectivity index (χ3v) is 11.9. The lowest BCUT2D eigenvalue weighted by Gasteiger charge is -2.18. The molecule has 66 heavy (non-hydrogen) atoms. The van der Waals surface area contributed by atoms with Gasteiger partial charge in [0.15, 0.2) is 6.10 Å². The standard InChI is InChI=1S/C60H104O6/c1-4-7-10-13-16-19-22-25-27-29-30-32-33-35-38-41-44-47-50-53-59(62)65-56-57(55-64-58(61)52-49-46-43-40-37-24-21-18-15-12-9-6-3)66-60(63)54-51-48-45-42-39-36-34-31-28-26-23-20-17-14-11-8-5-2/h7,10,16,18-19,21,25,27,30,32,35,38,57H,4-6,8-9,11-15,17,20,22-24,26,28-29,31,33-34,36-37,39-56H2,1-3H3/b10-7-,19-16-,21-18-,27-25-,32-30-,38-35-/t57-/m1/s1. The van der Waals surface area contributed by atoms with Gasteiger partial charge in [0.2, 0.25) is 0 Å². The Balaban J connectivity index is 4.41. The van der Waals surface area contributed by atoms with Crippen molar-refractivity contribution in [2.24, 2.45) is 0 Å². The summed E-state index contributed by atoms with van der Waals surface area (Å²) in [5, 5.41) is 0. The molecule has 0 rings (SSSR count). The predicted molar refractivity (Wildman–Crippen MR) is 284 cm³/mol. The lowest BCUT2D eigenvalue weighted by molar-refractivity contribution is -0.167. The van der Waals surface area contributed by atoms with E-state index < -0.39 is 6.10 Å². The number of hydrogen-bond acceptors (Lipinski definition) is 6. The molecule has 0 bridgehead atoms. The molecule has 0 saturated carbocycles. The normalized spacial score (nSPS) is 12.6. The smallest absolute Gasteiger partial charge is 0.306 e. The van der Waals surface area contributed by atoms with Gasteiger partial charge >= 0.3 is 17.9 Å². The van der Waals surface area contributed by atoms with Gasteiger partial charge in [-0.2, -0.15) is 0 Å². The number of hydrogen-bond donors (Lipinski definition) is 0. The zero-order chi connectivity index (χ0) is 47.9. The molecule has 0 saturated heterocycles. The molecule has 380 valence electrons. The van der Waals surface area contributed by atoms with Crippen molar-refractivity contribution in [3.8, 4) is 0 Å². The van der Waals surface area contributed by atoms with Crippen molar-refractivity contribution in [3.05, 3.63) is 72.9 Å². The highest BCUT2D eigenvalue weighted by Gasteiger charge is 2.19. The van der Waals surface area contributed by atoms with Crippen molar-refractivity contribution >= 4 is 17.9 Å². The topological polar surface area (TPSA) is 78.9 Å². The molecule has 6 nitrogen and oxygen atoms in total. The number of carbonyl (C=O) groups is 3. The van der Waals surface area contributed by atoms with Crippen LogP contribution in [-0.2, 0) is 28.6 Å². The van der Waals surface area contributed by atoms with Crippen LogP contribution in [0.3, 0.4) is 0 Å². The molecule has 0 heterocycles. The molecule has 0 amide bonds. The van der Waals surface area contributed by atoms with Crippen LogP contribution in [0.15, 0.2) is 72.9 Å². The summed E-state index contributed by atoms with van der Waals surface area (Å²) in [5.74, 6) is -0.922. The summed E-state index contributed by atoms with van der Waals surface area (Å²) in [6.45, 7) is 6.49. The van der Waals surface area contributed by atoms with E-state index in [0.717, 1.165) is 103 Å². The first-order valence-electron chi connectivity index (χ1n) is 27.9. The van der Waals surface area contributed by atoms with Gasteiger partial charge in [-0.1, -0.05) is 235 Å². The minimum absolute atomic E-state index is 0.0886. The quantitative estimate of drug-likeness (QED) is 0.0262. The Kier molecular flexibility index (Phi) is 51.9. The van der Waals surface area contributed by atoms with Crippen LogP contribution in [0.1, 0.15) is 271 Å². The highest BCUT2D eigenvalue weighted by molar-refractivity contribution is 5.71. The zero-order valence-electron chi connectivity index (χ0n) is 43.4. The molecule has 0 aromatic rings. The molecule has 0 fully saturated rings. The number of ether oxygens (including phenoxy) is 3. The summed E-state index contributed by atoms with van der Waals surface area (Å²) in [6.07, 6.45) is 68.9. The molecule has 0 N–H and O–H groups in total. The second kappa shape index (κ2) is 54.5. The summed E-state index contributed by atoms with van der Waals surface area (Å²) < 4.78 is 16.8. The van der Waals surface area contributed by atoms with Gasteiger partial charge < -0.3 is 14.2 Å². The molecule has 0 aliphatic carbocycles. The van der Waals surface area contributed by atoms with E-state index >= 15 is 0 Å². The zero-order valence-corrected chi connectivity index (χ0v) is 43.4. The molecule has 0 aliphatic rings. The van der Waals surface area contributed by atoms with Crippen molar-refractivity contribution in [1.29, 1.82) is 0 Å². The Morgan fingerprint density at radius 2 is 0.591 bits per heavy atom. The Bertz CT molecular complexity index is 1240. The summed E-state index contributed by atoms with van der Waals surface area (Å²) in [5.41, 5.74) is 0. The number of unbranched alkanes of at least 4 members (excludes halogenated alkanes) is 27. The molecule has 0 spiro atoms. The summed E-state index contributed by atoms with van der Waals surface area (Å²) >= 11 is 0. The van der Waals surface area contributed by atoms with Gasteiger partial charge in [-0.3, -0.25) is 14.4 Å². The van der Waals surface area contributed by atoms with E-state index in [1.807, 2.05) is 0 Å². The molecule has 0 aromatic heterocycles. The fraction of sp³-hybridized carbons (Fsp3) is 0.750. The molecule has 6 heteroatoms. The lowest BCUT2D eigenvalue weighted by atomic mass is 10.0. The average molecular weight is 921 g/mol. The molecule has 0 aliphatic heterocycles. The molecular formula is C60H104O6. The largest absolute Gasteiger partial charge is 0.462 e. The highest BCUT2D eigenvalue weighted by atomic mass is 16.6. The first-order valence-corrected chi connectivity index (χ1v) is 27.9. The number of rotatable bonds is 50. The van der Waals surface area contributed by atoms with Gasteiger partial charge in [0.1, 0.15) is 13.2 Å². The maximum atomic E-state index is 12.8. The number of esters is 3. The van der Waals surface area contributed by atoms with E-state index in [-0.39, 0.29) is 31.1 Å². The van der Waals surface area contributed by atoms with E-state index in [9.17, 15) is 14.4 Å². The van der Waals surface area contributed by atoms with E-state index in [4.69, 9.17) is 14.2 Å². The predicted octanol–water partition coefficient (Wildman–Crippen LogP) is 18.6. The fourth-order valence-corrected chi connectivity index (χ4v) is 7.76. The van der Waals surface area contributed by atoms with Gasteiger partial charge in [-0.25, -0.2) is 0 Å². The van der Waals surface area contributed by atoms with Gasteiger partial charge in [-0.05, 0) is 89.9 Å². The van der Waals surface area contributed by atoms with Crippen molar-refractivity contribution in [2.45, 2.75) is 277 Å². The number of allylic oxidation sites excluding steroid dienone is 12. The number of carbonyl (C=O) groups excluding carboxylic acids is 3. The first-order chi connectivity index (χ1) is 32.5. The second-order valence-corrected chi connectivity index (χ2v) is 18.5. The third-order valence-electron chi connectivity index (χ3n) is 11.9. The minimum atomic E-state index is -0.790. The van der Waals surface area contributed by atoms with Crippen LogP contribution in [0.2, 0.25) is 0 Å². The lowest BCUT2D eigenvalue weighted by Crippen LogP contribution is -2.30. The Morgan fingerprint density at radius 1 is 0.318 bits per heavy atom. The minimum Gasteiger partial charge on any atom is -0.462 e. The highest BCUT2D eigenvalue weighted by Crippen LogP contribution is 2.16. The van der Waals surface area contributed by atoms with Gasteiger partial charge in [-0.15, -0.1) is 0 Å². The second-order valence-electron chi connectivity index (χ2n) is 18.5. The summed E-state index contributed by atoms with van der Waals surface area (Å²) in [4.78, 5) is 38.1. The van der Waals surface area contributed by atoms with Crippen LogP contribution in [0.25, 0.3) is 0 Å². The average Bonchev–Trinajstić information content (AvgIpc) is 3.31. The molecule has 0 aromatic carbocycles. The molecule has 0 radical (unpaired) electrons. The van der Waals surface area contributed by atoms with Gasteiger partial charge in [0.05, 0.1) is 0 Å². The summed E-state index contributed by atoms with van der Waals surface area (Å²) in [6, 6.07) is 0. The van der Waals surface area contributed by atoms with E-state index in [1.165, 1.54) is 128 Å². The van der Waals surface area contributed by atoms with Crippen molar-refractivity contribution in [2.75, 3.05) is 13.2 Å².